The van der Waals surface area contributed by atoms with Crippen molar-refractivity contribution in [3.05, 3.63) is 52.8 Å². The van der Waals surface area contributed by atoms with Gasteiger partial charge in [0.05, 0.1) is 22.9 Å². The summed E-state index contributed by atoms with van der Waals surface area (Å²) < 4.78 is 60.9. The maximum Gasteiger partial charge on any atom is 0.392 e. The van der Waals surface area contributed by atoms with Gasteiger partial charge in [-0.25, -0.2) is 4.39 Å². The van der Waals surface area contributed by atoms with E-state index in [0.29, 0.717) is 23.4 Å². The topological polar surface area (TPSA) is 55.4 Å². The molecule has 0 saturated heterocycles. The molecule has 35 heavy (non-hydrogen) atoms. The Labute approximate surface area is 207 Å². The number of carbonyl (C=O) groups is 2. The number of nitrogens with one attached hydrogen (secondary N) is 1. The lowest BCUT2D eigenvalue weighted by atomic mass is 9.78. The lowest BCUT2D eigenvalue weighted by molar-refractivity contribution is -0.188. The molecule has 4 nitrogen and oxygen atoms in total. The number of ether oxygens (including phenoxy) is 1. The summed E-state index contributed by atoms with van der Waals surface area (Å²) >= 11 is 5.89. The molecule has 0 aliphatic heterocycles. The van der Waals surface area contributed by atoms with Crippen LogP contribution in [-0.2, 0) is 20.7 Å². The van der Waals surface area contributed by atoms with Crippen molar-refractivity contribution in [1.29, 1.82) is 0 Å². The molecule has 0 aromatic heterocycles. The highest BCUT2D eigenvalue weighted by Gasteiger charge is 2.52. The number of allylic oxidation sites excluding steroid dienone is 4. The summed E-state index contributed by atoms with van der Waals surface area (Å²) in [5, 5.41) is 2.76. The number of hydrogen-bond donors (Lipinski definition) is 1. The molecule has 0 radical (unpaired) electrons. The van der Waals surface area contributed by atoms with E-state index in [1.807, 2.05) is 0 Å². The highest BCUT2D eigenvalue weighted by molar-refractivity contribution is 6.31. The second kappa shape index (κ2) is 9.96. The van der Waals surface area contributed by atoms with Gasteiger partial charge in [0.15, 0.2) is 0 Å². The molecule has 2 aliphatic rings. The van der Waals surface area contributed by atoms with Crippen LogP contribution in [0.4, 0.5) is 23.2 Å². The van der Waals surface area contributed by atoms with Gasteiger partial charge < -0.3 is 10.1 Å². The smallest absolute Gasteiger partial charge is 0.392 e. The van der Waals surface area contributed by atoms with E-state index in [-0.39, 0.29) is 24.5 Å². The molecule has 0 heterocycles. The summed E-state index contributed by atoms with van der Waals surface area (Å²) in [6.07, 6.45) is 1.57. The zero-order valence-corrected chi connectivity index (χ0v) is 20.9. The van der Waals surface area contributed by atoms with Crippen molar-refractivity contribution in [2.45, 2.75) is 65.2 Å². The maximum atomic E-state index is 14.6. The number of amides is 1. The SMILES string of the molecule is C[C@H]([C@H](C(=O)Nc1cc(CC2(C(=O)OC(C)(C)C)CC2)ccc1F)C1C=CC(Cl)=CC1)C(F)(F)F. The molecule has 3 atom stereocenters. The lowest BCUT2D eigenvalue weighted by Gasteiger charge is -2.31. The third kappa shape index (κ3) is 6.87. The fourth-order valence-electron chi connectivity index (χ4n) is 4.25. The van der Waals surface area contributed by atoms with E-state index >= 15 is 0 Å². The first kappa shape index (κ1) is 27.2. The molecule has 1 fully saturated rings. The number of rotatable bonds is 7. The molecular formula is C26H30ClF4NO3. The molecule has 1 unspecified atom stereocenters. The Kier molecular flexibility index (Phi) is 7.75. The van der Waals surface area contributed by atoms with E-state index in [4.69, 9.17) is 16.3 Å². The third-order valence-corrected chi connectivity index (χ3v) is 6.70. The van der Waals surface area contributed by atoms with Gasteiger partial charge >= 0.3 is 12.1 Å². The molecule has 0 spiro atoms. The number of hydrogen-bond acceptors (Lipinski definition) is 3. The summed E-state index contributed by atoms with van der Waals surface area (Å²) in [5.74, 6) is -6.23. The molecule has 0 bridgehead atoms. The zero-order valence-electron chi connectivity index (χ0n) is 20.1. The first-order chi connectivity index (χ1) is 16.1. The minimum absolute atomic E-state index is 0.161. The number of esters is 1. The molecule has 3 rings (SSSR count). The summed E-state index contributed by atoms with van der Waals surface area (Å²) in [5.41, 5.74) is -0.998. The molecule has 2 aliphatic carbocycles. The van der Waals surface area contributed by atoms with Crippen LogP contribution >= 0.6 is 11.6 Å². The second-order valence-electron chi connectivity index (χ2n) is 10.5. The van der Waals surface area contributed by atoms with Crippen molar-refractivity contribution in [2.24, 2.45) is 23.2 Å². The van der Waals surface area contributed by atoms with Gasteiger partial charge in [-0.05, 0) is 76.1 Å². The Morgan fingerprint density at radius 2 is 1.89 bits per heavy atom. The van der Waals surface area contributed by atoms with Crippen LogP contribution in [0.15, 0.2) is 41.5 Å². The number of anilines is 1. The molecule has 1 aromatic rings. The average molecular weight is 516 g/mol. The van der Waals surface area contributed by atoms with Crippen molar-refractivity contribution >= 4 is 29.2 Å². The Bertz CT molecular complexity index is 1040. The van der Waals surface area contributed by atoms with E-state index in [9.17, 15) is 27.2 Å². The first-order valence-electron chi connectivity index (χ1n) is 11.5. The molecule has 1 saturated carbocycles. The minimum Gasteiger partial charge on any atom is -0.460 e. The minimum atomic E-state index is -4.62. The van der Waals surface area contributed by atoms with Gasteiger partial charge in [0, 0.05) is 5.03 Å². The summed E-state index contributed by atoms with van der Waals surface area (Å²) in [4.78, 5) is 25.7. The number of alkyl halides is 3. The third-order valence-electron chi connectivity index (χ3n) is 6.42. The second-order valence-corrected chi connectivity index (χ2v) is 10.9. The van der Waals surface area contributed by atoms with Gasteiger partial charge in [-0.3, -0.25) is 9.59 Å². The molecule has 192 valence electrons. The largest absolute Gasteiger partial charge is 0.460 e. The standard InChI is InChI=1S/C26H30ClF4NO3/c1-15(26(29,30)31)21(17-6-8-18(27)9-7-17)22(33)32-20-13-16(5-10-19(20)28)14-25(11-12-25)23(34)35-24(2,3)4/h5-6,8-10,13,15,17,21H,7,11-12,14H2,1-4H3,(H,32,33)/t15-,17?,21+/m1/s1. The normalized spacial score (nSPS) is 21.1. The fourth-order valence-corrected chi connectivity index (χ4v) is 4.41. The molecule has 1 amide bonds. The average Bonchev–Trinajstić information content (AvgIpc) is 3.51. The van der Waals surface area contributed by atoms with Gasteiger partial charge in [-0.15, -0.1) is 0 Å². The van der Waals surface area contributed by atoms with Crippen molar-refractivity contribution < 1.29 is 31.9 Å². The van der Waals surface area contributed by atoms with Crippen LogP contribution < -0.4 is 5.32 Å². The van der Waals surface area contributed by atoms with Crippen molar-refractivity contribution in [1.82, 2.24) is 0 Å². The van der Waals surface area contributed by atoms with Crippen LogP contribution in [0.1, 0.15) is 52.5 Å². The van der Waals surface area contributed by atoms with E-state index in [2.05, 4.69) is 5.32 Å². The molecule has 1 N–H and O–H groups in total. The molecule has 9 heteroatoms. The van der Waals surface area contributed by atoms with Gasteiger partial charge in [0.25, 0.3) is 0 Å². The van der Waals surface area contributed by atoms with Crippen LogP contribution in [0.3, 0.4) is 0 Å². The predicted octanol–water partition coefficient (Wildman–Crippen LogP) is 6.94. The van der Waals surface area contributed by atoms with Crippen LogP contribution in [-0.4, -0.2) is 23.7 Å². The molecular weight excluding hydrogens is 486 g/mol. The van der Waals surface area contributed by atoms with Gasteiger partial charge in [-0.2, -0.15) is 13.2 Å². The summed E-state index contributed by atoms with van der Waals surface area (Å²) in [6, 6.07) is 4.02. The predicted molar refractivity (Wildman–Crippen MR) is 126 cm³/mol. The Morgan fingerprint density at radius 1 is 1.23 bits per heavy atom. The summed E-state index contributed by atoms with van der Waals surface area (Å²) in [6.45, 7) is 6.27. The lowest BCUT2D eigenvalue weighted by Crippen LogP contribution is -2.40. The Balaban J connectivity index is 1.80. The monoisotopic (exact) mass is 515 g/mol. The first-order valence-corrected chi connectivity index (χ1v) is 11.9. The van der Waals surface area contributed by atoms with Crippen molar-refractivity contribution in [2.75, 3.05) is 5.32 Å². The van der Waals surface area contributed by atoms with Gasteiger partial charge in [0.1, 0.15) is 11.4 Å². The van der Waals surface area contributed by atoms with Crippen molar-refractivity contribution in [3.63, 3.8) is 0 Å². The zero-order chi connectivity index (χ0) is 26.2. The quantitative estimate of drug-likeness (QED) is 0.316. The van der Waals surface area contributed by atoms with E-state index in [0.717, 1.165) is 13.0 Å². The van der Waals surface area contributed by atoms with Crippen LogP contribution in [0.2, 0.25) is 0 Å². The van der Waals surface area contributed by atoms with Gasteiger partial charge in [0.2, 0.25) is 5.91 Å². The van der Waals surface area contributed by atoms with Crippen LogP contribution in [0.5, 0.6) is 0 Å². The van der Waals surface area contributed by atoms with Gasteiger partial charge in [-0.1, -0.05) is 36.7 Å². The van der Waals surface area contributed by atoms with E-state index in [1.54, 1.807) is 26.8 Å². The highest BCUT2D eigenvalue weighted by Crippen LogP contribution is 2.50. The number of benzene rings is 1. The Morgan fingerprint density at radius 3 is 2.40 bits per heavy atom. The van der Waals surface area contributed by atoms with Crippen molar-refractivity contribution in [3.8, 4) is 0 Å². The van der Waals surface area contributed by atoms with E-state index < -0.39 is 46.7 Å². The van der Waals surface area contributed by atoms with E-state index in [1.165, 1.54) is 24.3 Å². The fraction of sp³-hybridized carbons (Fsp3) is 0.538. The number of halogens is 5. The highest BCUT2D eigenvalue weighted by atomic mass is 35.5. The number of carbonyl (C=O) groups excluding carboxylic acids is 2. The van der Waals surface area contributed by atoms with Crippen LogP contribution in [0.25, 0.3) is 0 Å². The maximum absolute atomic E-state index is 14.6. The Hall–Kier alpha value is -2.35. The molecule has 1 aromatic carbocycles. The van der Waals surface area contributed by atoms with Crippen LogP contribution in [0, 0.1) is 29.0 Å². The summed E-state index contributed by atoms with van der Waals surface area (Å²) in [7, 11) is 0.